The molecule has 8 heterocycles. The van der Waals surface area contributed by atoms with Crippen LogP contribution in [-0.2, 0) is 10.1 Å². The van der Waals surface area contributed by atoms with E-state index in [1.54, 1.807) is 6.07 Å². The Kier molecular flexibility index (Phi) is 9.85. The van der Waals surface area contributed by atoms with Crippen molar-refractivity contribution in [1.29, 1.82) is 0 Å². The third-order valence-electron chi connectivity index (χ3n) is 18.2. The molecule has 0 saturated heterocycles. The Labute approximate surface area is 465 Å². The van der Waals surface area contributed by atoms with Gasteiger partial charge in [-0.1, -0.05) is 41.5 Å². The first kappa shape index (κ1) is 48.8. The van der Waals surface area contributed by atoms with E-state index in [1.165, 1.54) is 24.3 Å². The van der Waals surface area contributed by atoms with Crippen molar-refractivity contribution in [3.63, 3.8) is 0 Å². The van der Waals surface area contributed by atoms with Gasteiger partial charge in [0.2, 0.25) is 0 Å². The molecule has 3 aliphatic carbocycles. The van der Waals surface area contributed by atoms with Crippen molar-refractivity contribution >= 4 is 54.3 Å². The van der Waals surface area contributed by atoms with Gasteiger partial charge in [0.05, 0.1) is 4.90 Å². The Bertz CT molecular complexity index is 4370. The summed E-state index contributed by atoms with van der Waals surface area (Å²) in [5.74, 6) is 3.67. The highest BCUT2D eigenvalue weighted by Crippen LogP contribution is 2.56. The van der Waals surface area contributed by atoms with E-state index in [1.807, 2.05) is 48.5 Å². The molecule has 3 aromatic heterocycles. The molecule has 16 rings (SSSR count). The maximum absolute atomic E-state index is 11.9. The maximum Gasteiger partial charge on any atom is 0.294 e. The highest BCUT2D eigenvalue weighted by atomic mass is 32.2. The molecule has 5 aromatic carbocycles. The van der Waals surface area contributed by atoms with E-state index >= 15 is 0 Å². The molecule has 8 aromatic rings. The van der Waals surface area contributed by atoms with E-state index < -0.39 is 27.5 Å². The van der Waals surface area contributed by atoms with Crippen LogP contribution < -0.4 is 33.2 Å². The van der Waals surface area contributed by atoms with E-state index in [4.69, 9.17) is 63.1 Å². The lowest BCUT2D eigenvalue weighted by molar-refractivity contribution is -0.123. The van der Waals surface area contributed by atoms with Crippen molar-refractivity contribution in [2.75, 3.05) is 0 Å². The Hall–Kier alpha value is -8.03. The van der Waals surface area contributed by atoms with Gasteiger partial charge in [-0.2, -0.15) is 8.42 Å². The SMILES string of the molecule is CC1(C)CCC2(CC1)Oc1cc3c(cc1O2)-c1nc-3nc2[nH]c(nc3nc(nc4[nH]c(n1)c1cc5c(cc41)OC1(CCC(C)(C)CC1)O5)-c1cc(Oc4ccc(S(=O)(=O)O)cc4)ccc1-3)c1cc3c(cc21)OC1(CCC(C)(C)CC1)O3. The molecule has 0 radical (unpaired) electrons. The van der Waals surface area contributed by atoms with Crippen LogP contribution in [0.1, 0.15) is 119 Å². The minimum atomic E-state index is -4.41. The first-order chi connectivity index (χ1) is 38.6. The summed E-state index contributed by atoms with van der Waals surface area (Å²) in [6.07, 6.45) is 10.3. The largest absolute Gasteiger partial charge is 0.457 e. The number of nitrogens with one attached hydrogen (secondary N) is 2. The number of nitrogens with zero attached hydrogens (tertiary/aromatic N) is 6. The van der Waals surface area contributed by atoms with Crippen molar-refractivity contribution in [1.82, 2.24) is 39.9 Å². The molecular formula is C62H58N8O10S. The van der Waals surface area contributed by atoms with Gasteiger partial charge < -0.3 is 43.1 Å². The Morgan fingerprint density at radius 1 is 0.395 bits per heavy atom. The van der Waals surface area contributed by atoms with E-state index in [0.29, 0.717) is 114 Å². The number of rotatable bonds is 3. The summed E-state index contributed by atoms with van der Waals surface area (Å²) >= 11 is 0. The number of ether oxygens (including phenoxy) is 7. The zero-order chi connectivity index (χ0) is 55.2. The highest BCUT2D eigenvalue weighted by Gasteiger charge is 2.50. The van der Waals surface area contributed by atoms with E-state index in [0.717, 1.165) is 98.8 Å². The topological polar surface area (TPSA) is 228 Å². The quantitative estimate of drug-likeness (QED) is 0.140. The molecule has 3 N–H and O–H groups in total. The fraction of sp³-hybridized carbons (Fsp3) is 0.387. The Morgan fingerprint density at radius 2 is 0.704 bits per heavy atom. The Morgan fingerprint density at radius 3 is 1.05 bits per heavy atom. The molecule has 0 amide bonds. The highest BCUT2D eigenvalue weighted by molar-refractivity contribution is 7.85. The smallest absolute Gasteiger partial charge is 0.294 e. The fourth-order valence-electron chi connectivity index (χ4n) is 12.9. The number of hydrogen-bond donors (Lipinski definition) is 3. The van der Waals surface area contributed by atoms with Crippen LogP contribution in [0.15, 0.2) is 83.8 Å². The van der Waals surface area contributed by atoms with Crippen LogP contribution >= 0.6 is 0 Å². The van der Waals surface area contributed by atoms with Gasteiger partial charge in [-0.25, -0.2) is 29.9 Å². The lowest BCUT2D eigenvalue weighted by Gasteiger charge is -2.39. The molecule has 0 atom stereocenters. The number of aromatic amines is 2. The van der Waals surface area contributed by atoms with Crippen molar-refractivity contribution < 1.29 is 46.1 Å². The minimum absolute atomic E-state index is 0.178. The third kappa shape index (κ3) is 8.07. The third-order valence-corrected chi connectivity index (χ3v) is 19.1. The van der Waals surface area contributed by atoms with Gasteiger partial charge in [-0.15, -0.1) is 0 Å². The summed E-state index contributed by atoms with van der Waals surface area (Å²) in [4.78, 5) is 38.8. The molecule has 81 heavy (non-hydrogen) atoms. The summed E-state index contributed by atoms with van der Waals surface area (Å²) in [5, 5.41) is 2.90. The number of hydrogen-bond acceptors (Lipinski definition) is 15. The molecule has 5 aliphatic heterocycles. The van der Waals surface area contributed by atoms with E-state index in [-0.39, 0.29) is 21.1 Å². The van der Waals surface area contributed by atoms with Crippen LogP contribution in [-0.4, -0.2) is 70.2 Å². The number of H-pyrrole nitrogens is 2. The second kappa shape index (κ2) is 16.3. The molecule has 0 unspecified atom stereocenters. The van der Waals surface area contributed by atoms with Gasteiger partial charge in [0, 0.05) is 82.3 Å². The van der Waals surface area contributed by atoms with Crippen LogP contribution in [0, 0.1) is 16.2 Å². The summed E-state index contributed by atoms with van der Waals surface area (Å²) < 4.78 is 80.6. The molecule has 3 spiro atoms. The molecular weight excluding hydrogens is 1050 g/mol. The van der Waals surface area contributed by atoms with E-state index in [9.17, 15) is 13.0 Å². The van der Waals surface area contributed by atoms with Crippen molar-refractivity contribution in [3.8, 4) is 91.5 Å². The van der Waals surface area contributed by atoms with Crippen LogP contribution in [0.2, 0.25) is 0 Å². The van der Waals surface area contributed by atoms with Gasteiger partial charge in [-0.3, -0.25) is 4.55 Å². The number of benzene rings is 5. The van der Waals surface area contributed by atoms with Gasteiger partial charge >= 0.3 is 0 Å². The van der Waals surface area contributed by atoms with E-state index in [2.05, 4.69) is 51.5 Å². The zero-order valence-electron chi connectivity index (χ0n) is 45.7. The molecule has 412 valence electrons. The predicted molar refractivity (Wildman–Crippen MR) is 301 cm³/mol. The van der Waals surface area contributed by atoms with Crippen molar-refractivity contribution in [2.45, 2.75) is 141 Å². The maximum atomic E-state index is 11.9. The predicted octanol–water partition coefficient (Wildman–Crippen LogP) is 14.1. The van der Waals surface area contributed by atoms with Crippen LogP contribution in [0.4, 0.5) is 0 Å². The van der Waals surface area contributed by atoms with Gasteiger partial charge in [0.25, 0.3) is 27.5 Å². The summed E-state index contributed by atoms with van der Waals surface area (Å²) in [5.41, 5.74) is 5.15. The molecule has 8 aliphatic rings. The summed E-state index contributed by atoms with van der Waals surface area (Å²) in [6.45, 7) is 13.8. The first-order valence-electron chi connectivity index (χ1n) is 28.0. The molecule has 3 fully saturated rings. The van der Waals surface area contributed by atoms with Crippen LogP contribution in [0.25, 0.3) is 89.7 Å². The molecule has 18 nitrogen and oxygen atoms in total. The minimum Gasteiger partial charge on any atom is -0.457 e. The Balaban J connectivity index is 0.927. The second-order valence-electron chi connectivity index (χ2n) is 25.7. The first-order valence-corrected chi connectivity index (χ1v) is 29.5. The van der Waals surface area contributed by atoms with Gasteiger partial charge in [0.1, 0.15) is 34.1 Å². The van der Waals surface area contributed by atoms with Crippen molar-refractivity contribution in [2.24, 2.45) is 16.2 Å². The van der Waals surface area contributed by atoms with Crippen molar-refractivity contribution in [3.05, 3.63) is 78.9 Å². The van der Waals surface area contributed by atoms with Crippen LogP contribution in [0.5, 0.6) is 46.0 Å². The van der Waals surface area contributed by atoms with Crippen LogP contribution in [0.3, 0.4) is 0 Å². The average molecular weight is 1110 g/mol. The summed E-state index contributed by atoms with van der Waals surface area (Å²) in [7, 11) is -4.41. The monoisotopic (exact) mass is 1110 g/mol. The fourth-order valence-corrected chi connectivity index (χ4v) is 13.4. The molecule has 8 bridgehead atoms. The lowest BCUT2D eigenvalue weighted by atomic mass is 9.75. The zero-order valence-corrected chi connectivity index (χ0v) is 46.5. The molecule has 19 heteroatoms. The average Bonchev–Trinajstić information content (AvgIpc) is 4.13. The lowest BCUT2D eigenvalue weighted by Crippen LogP contribution is -2.44. The molecule has 3 saturated carbocycles. The normalized spacial score (nSPS) is 20.5. The second-order valence-corrected chi connectivity index (χ2v) is 27.2. The van der Waals surface area contributed by atoms with Gasteiger partial charge in [0.15, 0.2) is 57.8 Å². The number of fused-ring (bicyclic) bond motifs is 23. The standard InChI is InChI=1S/C62H58N8O10S/c1-57(2)13-19-60(20-14-57)75-43-26-37-38(27-44(43)76-60)53-66-51(37)64-49-35-12-9-33(74-32-7-10-34(11-8-32)81(71,72)73)25-36(35)50(63-49)65-52-39-28-45-46(78-61(77-45)21-15-58(3,4)16-22-61)29-40(39)54(67-52)69-56-42-31-48-47(30-41(42)55(68-53)70-56)79-62(80-48)23-17-59(5,6)18-24-62/h7-12,25-31H,13-24H2,1-6H3,(H,71,72,73)(H2,63,64,65,66,67,68,69,70). The van der Waals surface area contributed by atoms with Gasteiger partial charge in [-0.05, 0) is 134 Å². The summed E-state index contributed by atoms with van der Waals surface area (Å²) in [6, 6.07) is 22.9. The number of aromatic nitrogens is 8.